The first-order valence-electron chi connectivity index (χ1n) is 11.1. The number of anilines is 1. The summed E-state index contributed by atoms with van der Waals surface area (Å²) in [6.45, 7) is 5.28. The maximum Gasteiger partial charge on any atom is 0.261 e. The van der Waals surface area contributed by atoms with E-state index in [-0.39, 0.29) is 5.56 Å². The van der Waals surface area contributed by atoms with Gasteiger partial charge >= 0.3 is 0 Å². The fourth-order valence-corrected chi connectivity index (χ4v) is 4.72. The van der Waals surface area contributed by atoms with Gasteiger partial charge in [0.05, 0.1) is 37.1 Å². The van der Waals surface area contributed by atoms with Crippen molar-refractivity contribution in [3.63, 3.8) is 0 Å². The Hall–Kier alpha value is -1.99. The average Bonchev–Trinajstić information content (AvgIpc) is 3.12. The SMILES string of the molecule is O=c1c2cc(NC(=S)NCC[NH+]3CCCCCC3)ccc2nc2n1CCCCC2. The molecule has 0 radical (unpaired) electrons. The highest BCUT2D eigenvalue weighted by Crippen LogP contribution is 2.18. The van der Waals surface area contributed by atoms with Gasteiger partial charge in [0.15, 0.2) is 5.11 Å². The Bertz CT molecular complexity index is 917. The summed E-state index contributed by atoms with van der Waals surface area (Å²) < 4.78 is 1.86. The fraction of sp³-hybridized carbons (Fsp3) is 0.591. The van der Waals surface area contributed by atoms with E-state index in [4.69, 9.17) is 17.2 Å². The van der Waals surface area contributed by atoms with Gasteiger partial charge in [-0.1, -0.05) is 6.42 Å². The molecular weight excluding hydrogens is 382 g/mol. The van der Waals surface area contributed by atoms with Crippen LogP contribution in [0.2, 0.25) is 0 Å². The van der Waals surface area contributed by atoms with Crippen molar-refractivity contribution in [1.29, 1.82) is 0 Å². The van der Waals surface area contributed by atoms with Crippen molar-refractivity contribution in [1.82, 2.24) is 14.9 Å². The number of aromatic nitrogens is 2. The van der Waals surface area contributed by atoms with Crippen LogP contribution in [0.4, 0.5) is 5.69 Å². The van der Waals surface area contributed by atoms with Gasteiger partial charge in [-0.25, -0.2) is 4.98 Å². The lowest BCUT2D eigenvalue weighted by molar-refractivity contribution is -0.898. The number of nitrogens with one attached hydrogen (secondary N) is 3. The second-order valence-electron chi connectivity index (χ2n) is 8.32. The highest BCUT2D eigenvalue weighted by atomic mass is 32.1. The molecule has 0 amide bonds. The molecule has 0 saturated carbocycles. The van der Waals surface area contributed by atoms with Crippen LogP contribution in [-0.4, -0.2) is 40.8 Å². The molecule has 3 heterocycles. The number of thiocarbonyl (C=S) groups is 1. The number of benzene rings is 1. The Labute approximate surface area is 177 Å². The van der Waals surface area contributed by atoms with E-state index in [2.05, 4.69) is 10.6 Å². The van der Waals surface area contributed by atoms with Crippen LogP contribution in [0.3, 0.4) is 0 Å². The zero-order valence-corrected chi connectivity index (χ0v) is 18.0. The molecule has 0 aliphatic carbocycles. The summed E-state index contributed by atoms with van der Waals surface area (Å²) in [4.78, 5) is 19.4. The predicted molar refractivity (Wildman–Crippen MR) is 122 cm³/mol. The van der Waals surface area contributed by atoms with Gasteiger partial charge in [0.25, 0.3) is 5.56 Å². The Balaban J connectivity index is 1.39. The lowest BCUT2D eigenvalue weighted by Gasteiger charge is -2.18. The van der Waals surface area contributed by atoms with Crippen LogP contribution in [0.25, 0.3) is 10.9 Å². The first-order chi connectivity index (χ1) is 14.2. The van der Waals surface area contributed by atoms with E-state index in [1.54, 1.807) is 4.90 Å². The molecule has 3 N–H and O–H groups in total. The third kappa shape index (κ3) is 5.14. The van der Waals surface area contributed by atoms with Crippen molar-refractivity contribution >= 4 is 33.9 Å². The van der Waals surface area contributed by atoms with Gasteiger partial charge in [0.2, 0.25) is 0 Å². The number of quaternary nitrogens is 1. The quantitative estimate of drug-likeness (QED) is 0.667. The number of aryl methyl sites for hydroxylation is 1. The monoisotopic (exact) mass is 414 g/mol. The number of rotatable bonds is 4. The molecule has 1 saturated heterocycles. The van der Waals surface area contributed by atoms with Crippen LogP contribution < -0.4 is 21.1 Å². The molecule has 6 nitrogen and oxygen atoms in total. The van der Waals surface area contributed by atoms with Gasteiger partial charge in [-0.05, 0) is 68.9 Å². The van der Waals surface area contributed by atoms with Crippen LogP contribution in [0.15, 0.2) is 23.0 Å². The van der Waals surface area contributed by atoms with Crippen molar-refractivity contribution < 1.29 is 4.90 Å². The van der Waals surface area contributed by atoms with E-state index in [9.17, 15) is 4.79 Å². The number of likely N-dealkylation sites (tertiary alicyclic amines) is 1. The molecule has 0 unspecified atom stereocenters. The van der Waals surface area contributed by atoms with Crippen molar-refractivity contribution in [2.24, 2.45) is 0 Å². The summed E-state index contributed by atoms with van der Waals surface area (Å²) >= 11 is 5.47. The molecule has 1 aromatic carbocycles. The fourth-order valence-electron chi connectivity index (χ4n) is 4.50. The minimum Gasteiger partial charge on any atom is -0.357 e. The predicted octanol–water partition coefficient (Wildman–Crippen LogP) is 1.87. The van der Waals surface area contributed by atoms with Gasteiger partial charge in [-0.3, -0.25) is 9.36 Å². The second-order valence-corrected chi connectivity index (χ2v) is 8.73. The number of hydrogen-bond acceptors (Lipinski definition) is 3. The molecule has 2 aliphatic rings. The highest BCUT2D eigenvalue weighted by molar-refractivity contribution is 7.80. The van der Waals surface area contributed by atoms with Crippen LogP contribution in [0, 0.1) is 0 Å². The topological polar surface area (TPSA) is 63.4 Å². The molecule has 2 aliphatic heterocycles. The number of hydrogen-bond donors (Lipinski definition) is 3. The Morgan fingerprint density at radius 1 is 1.10 bits per heavy atom. The van der Waals surface area contributed by atoms with E-state index in [1.807, 2.05) is 22.8 Å². The van der Waals surface area contributed by atoms with Crippen molar-refractivity contribution in [2.75, 3.05) is 31.5 Å². The van der Waals surface area contributed by atoms with Gasteiger partial charge in [0, 0.05) is 18.7 Å². The molecule has 29 heavy (non-hydrogen) atoms. The third-order valence-electron chi connectivity index (χ3n) is 6.15. The highest BCUT2D eigenvalue weighted by Gasteiger charge is 2.15. The number of nitrogens with zero attached hydrogens (tertiary/aromatic N) is 2. The van der Waals surface area contributed by atoms with E-state index < -0.39 is 0 Å². The minimum absolute atomic E-state index is 0.0687. The lowest BCUT2D eigenvalue weighted by Crippen LogP contribution is -3.12. The zero-order valence-electron chi connectivity index (χ0n) is 17.1. The van der Waals surface area contributed by atoms with Gasteiger partial charge in [-0.15, -0.1) is 0 Å². The van der Waals surface area contributed by atoms with Crippen LogP contribution in [-0.2, 0) is 13.0 Å². The number of fused-ring (bicyclic) bond motifs is 2. The normalized spacial score (nSPS) is 17.9. The molecule has 1 fully saturated rings. The Kier molecular flexibility index (Phi) is 6.77. The van der Waals surface area contributed by atoms with Crippen molar-refractivity contribution in [2.45, 2.75) is 57.9 Å². The molecule has 1 aromatic heterocycles. The molecule has 7 heteroatoms. The first kappa shape index (κ1) is 20.3. The first-order valence-corrected chi connectivity index (χ1v) is 11.5. The van der Waals surface area contributed by atoms with E-state index >= 15 is 0 Å². The molecule has 0 spiro atoms. The van der Waals surface area contributed by atoms with Crippen molar-refractivity contribution in [3.05, 3.63) is 34.4 Å². The Morgan fingerprint density at radius 3 is 2.72 bits per heavy atom. The maximum atomic E-state index is 13.0. The lowest BCUT2D eigenvalue weighted by atomic mass is 10.2. The summed E-state index contributed by atoms with van der Waals surface area (Å²) in [6.07, 6.45) is 9.61. The smallest absolute Gasteiger partial charge is 0.261 e. The van der Waals surface area contributed by atoms with E-state index in [0.29, 0.717) is 10.5 Å². The molecule has 4 rings (SSSR count). The van der Waals surface area contributed by atoms with Crippen LogP contribution >= 0.6 is 12.2 Å². The molecular formula is C22H32N5OS+. The minimum atomic E-state index is 0.0687. The summed E-state index contributed by atoms with van der Waals surface area (Å²) in [5, 5.41) is 7.84. The zero-order chi connectivity index (χ0) is 20.1. The van der Waals surface area contributed by atoms with Crippen LogP contribution in [0.5, 0.6) is 0 Å². The summed E-state index contributed by atoms with van der Waals surface area (Å²) in [7, 11) is 0. The maximum absolute atomic E-state index is 13.0. The summed E-state index contributed by atoms with van der Waals surface area (Å²) in [6, 6.07) is 5.77. The van der Waals surface area contributed by atoms with Crippen molar-refractivity contribution in [3.8, 4) is 0 Å². The molecule has 156 valence electrons. The summed E-state index contributed by atoms with van der Waals surface area (Å²) in [5.74, 6) is 0.925. The average molecular weight is 415 g/mol. The second kappa shape index (κ2) is 9.67. The largest absolute Gasteiger partial charge is 0.357 e. The molecule has 0 bridgehead atoms. The van der Waals surface area contributed by atoms with Gasteiger partial charge < -0.3 is 15.5 Å². The van der Waals surface area contributed by atoms with Crippen LogP contribution in [0.1, 0.15) is 50.8 Å². The molecule has 2 aromatic rings. The molecule has 0 atom stereocenters. The Morgan fingerprint density at radius 2 is 1.90 bits per heavy atom. The third-order valence-corrected chi connectivity index (χ3v) is 6.39. The van der Waals surface area contributed by atoms with E-state index in [0.717, 1.165) is 62.3 Å². The summed E-state index contributed by atoms with van der Waals surface area (Å²) in [5.41, 5.74) is 1.68. The van der Waals surface area contributed by atoms with E-state index in [1.165, 1.54) is 38.8 Å². The standard InChI is InChI=1S/C22H31N5OS/c28-21-18-16-17(9-10-19(18)25-20-8-4-3-7-14-27(20)21)24-22(29)23-11-15-26-12-5-1-2-6-13-26/h9-10,16H,1-8,11-15H2,(H2,23,24,29)/p+1. The van der Waals surface area contributed by atoms with Gasteiger partial charge in [0.1, 0.15) is 5.82 Å². The van der Waals surface area contributed by atoms with Gasteiger partial charge in [-0.2, -0.15) is 0 Å².